The Kier molecular flexibility index (Phi) is 64.8. The summed E-state index contributed by atoms with van der Waals surface area (Å²) in [5.74, 6) is -0.912. The minimum absolute atomic E-state index is 0.0910. The Morgan fingerprint density at radius 3 is 0.753 bits per heavy atom. The number of hydrogen-bond donors (Lipinski definition) is 0. The summed E-state index contributed by atoms with van der Waals surface area (Å²) in [4.78, 5) is 38.4. The molecule has 0 aliphatic rings. The van der Waals surface area contributed by atoms with Gasteiger partial charge in [-0.2, -0.15) is 0 Å². The molecular formula is C75H126O6. The molecule has 0 aliphatic heterocycles. The van der Waals surface area contributed by atoms with Gasteiger partial charge in [0, 0.05) is 19.3 Å². The van der Waals surface area contributed by atoms with Crippen molar-refractivity contribution in [2.75, 3.05) is 13.2 Å². The van der Waals surface area contributed by atoms with Crippen LogP contribution in [0.2, 0.25) is 0 Å². The fourth-order valence-corrected chi connectivity index (χ4v) is 9.40. The molecule has 0 aliphatic carbocycles. The highest BCUT2D eigenvalue weighted by atomic mass is 16.6. The lowest BCUT2D eigenvalue weighted by molar-refractivity contribution is -0.167. The summed E-state index contributed by atoms with van der Waals surface area (Å²) in [6, 6.07) is 0. The maximum Gasteiger partial charge on any atom is 0.306 e. The standard InChI is InChI=1S/C75H126O6/c1-4-7-10-13-16-19-22-25-28-31-33-35-36-37-38-40-41-44-47-50-53-56-59-62-65-68-74(77)80-71-72(70-79-73(76)67-64-61-58-55-52-49-46-43-30-27-24-21-18-15-12-9-6-3)81-75(78)69-66-63-60-57-54-51-48-45-42-39-34-32-29-26-23-20-17-14-11-8-5-2/h8-9,11-12,17-18,20-22,25-27,29-31,33-34,39,45,48,72H,4-7,10,13-16,19,23-24,28,32,35-38,40-44,46-47,49-71H2,1-3H3/b11-8-,12-9-,20-17-,21-18-,25-22-,29-26-,30-27-,33-31-,39-34-,48-45-. The van der Waals surface area contributed by atoms with E-state index in [1.807, 2.05) is 0 Å². The van der Waals surface area contributed by atoms with Gasteiger partial charge in [-0.3, -0.25) is 14.4 Å². The first-order valence-corrected chi connectivity index (χ1v) is 34.0. The number of esters is 3. The van der Waals surface area contributed by atoms with E-state index in [9.17, 15) is 14.4 Å². The van der Waals surface area contributed by atoms with Crippen LogP contribution in [0.15, 0.2) is 122 Å². The number of rotatable bonds is 61. The minimum Gasteiger partial charge on any atom is -0.462 e. The molecule has 0 radical (unpaired) electrons. The molecule has 6 nitrogen and oxygen atoms in total. The van der Waals surface area contributed by atoms with Crippen LogP contribution in [-0.4, -0.2) is 37.2 Å². The smallest absolute Gasteiger partial charge is 0.306 e. The van der Waals surface area contributed by atoms with Gasteiger partial charge in [-0.15, -0.1) is 0 Å². The van der Waals surface area contributed by atoms with Crippen LogP contribution in [-0.2, 0) is 28.6 Å². The van der Waals surface area contributed by atoms with E-state index < -0.39 is 6.10 Å². The van der Waals surface area contributed by atoms with Crippen molar-refractivity contribution in [3.8, 4) is 0 Å². The molecule has 0 saturated heterocycles. The average Bonchev–Trinajstić information content (AvgIpc) is 3.47. The van der Waals surface area contributed by atoms with Gasteiger partial charge in [-0.05, 0) is 128 Å². The van der Waals surface area contributed by atoms with E-state index in [1.54, 1.807) is 0 Å². The zero-order valence-electron chi connectivity index (χ0n) is 53.0. The second kappa shape index (κ2) is 68.3. The third kappa shape index (κ3) is 66.5. The molecule has 81 heavy (non-hydrogen) atoms. The summed E-state index contributed by atoms with van der Waals surface area (Å²) in [6.07, 6.45) is 94.9. The van der Waals surface area contributed by atoms with Crippen LogP contribution in [0, 0.1) is 0 Å². The van der Waals surface area contributed by atoms with Gasteiger partial charge < -0.3 is 14.2 Å². The molecule has 462 valence electrons. The maximum absolute atomic E-state index is 12.9. The molecule has 6 heteroatoms. The zero-order valence-corrected chi connectivity index (χ0v) is 53.0. The summed E-state index contributed by atoms with van der Waals surface area (Å²) in [5, 5.41) is 0. The van der Waals surface area contributed by atoms with Gasteiger partial charge in [0.2, 0.25) is 0 Å². The monoisotopic (exact) mass is 1120 g/mol. The Bertz CT molecular complexity index is 1670. The Hall–Kier alpha value is -4.19. The van der Waals surface area contributed by atoms with Crippen LogP contribution in [0.1, 0.15) is 316 Å². The summed E-state index contributed by atoms with van der Waals surface area (Å²) in [5.41, 5.74) is 0. The third-order valence-corrected chi connectivity index (χ3v) is 14.4. The Balaban J connectivity index is 4.40. The van der Waals surface area contributed by atoms with Crippen LogP contribution in [0.4, 0.5) is 0 Å². The molecule has 0 rings (SSSR count). The van der Waals surface area contributed by atoms with Gasteiger partial charge in [0.15, 0.2) is 6.10 Å². The van der Waals surface area contributed by atoms with Gasteiger partial charge in [-0.1, -0.05) is 290 Å². The van der Waals surface area contributed by atoms with Crippen LogP contribution < -0.4 is 0 Å². The fraction of sp³-hybridized carbons (Fsp3) is 0.693. The molecular weight excluding hydrogens is 997 g/mol. The largest absolute Gasteiger partial charge is 0.462 e. The number of carbonyl (C=O) groups excluding carboxylic acids is 3. The van der Waals surface area contributed by atoms with Crippen LogP contribution in [0.25, 0.3) is 0 Å². The van der Waals surface area contributed by atoms with Gasteiger partial charge >= 0.3 is 17.9 Å². The Labute approximate surface area is 501 Å². The molecule has 0 bridgehead atoms. The molecule has 0 heterocycles. The van der Waals surface area contributed by atoms with Crippen molar-refractivity contribution in [2.24, 2.45) is 0 Å². The molecule has 1 unspecified atom stereocenters. The Morgan fingerprint density at radius 1 is 0.259 bits per heavy atom. The fourth-order valence-electron chi connectivity index (χ4n) is 9.40. The zero-order chi connectivity index (χ0) is 58.5. The third-order valence-electron chi connectivity index (χ3n) is 14.4. The number of hydrogen-bond acceptors (Lipinski definition) is 6. The maximum atomic E-state index is 12.9. The Morgan fingerprint density at radius 2 is 0.481 bits per heavy atom. The van der Waals surface area contributed by atoms with Crippen molar-refractivity contribution in [3.63, 3.8) is 0 Å². The lowest BCUT2D eigenvalue weighted by atomic mass is 10.0. The number of carbonyl (C=O) groups is 3. The molecule has 0 spiro atoms. The second-order valence-electron chi connectivity index (χ2n) is 22.3. The summed E-state index contributed by atoms with van der Waals surface area (Å²) in [6.45, 7) is 6.41. The van der Waals surface area contributed by atoms with Gasteiger partial charge in [-0.25, -0.2) is 0 Å². The van der Waals surface area contributed by atoms with Crippen molar-refractivity contribution in [3.05, 3.63) is 122 Å². The van der Waals surface area contributed by atoms with E-state index in [0.717, 1.165) is 141 Å². The highest BCUT2D eigenvalue weighted by Gasteiger charge is 2.19. The quantitative estimate of drug-likeness (QED) is 0.0261. The summed E-state index contributed by atoms with van der Waals surface area (Å²) >= 11 is 0. The molecule has 0 N–H and O–H groups in total. The van der Waals surface area contributed by atoms with Gasteiger partial charge in [0.25, 0.3) is 0 Å². The SMILES string of the molecule is CC/C=C\C/C=C\C/C=C\C/C=C\C/C=C\CCCCCCCC(=O)OC(COC(=O)CCCCCCCCC/C=C\C/C=C\C/C=C\CC)COC(=O)CCCCCCCCCCCCCCC/C=C\C/C=C\CCCCCCC. The molecule has 0 aromatic rings. The van der Waals surface area contributed by atoms with Crippen molar-refractivity contribution in [1.29, 1.82) is 0 Å². The highest BCUT2D eigenvalue weighted by molar-refractivity contribution is 5.71. The predicted molar refractivity (Wildman–Crippen MR) is 353 cm³/mol. The first-order chi connectivity index (χ1) is 40.0. The van der Waals surface area contributed by atoms with E-state index >= 15 is 0 Å². The van der Waals surface area contributed by atoms with E-state index in [2.05, 4.69) is 142 Å². The minimum atomic E-state index is -0.798. The van der Waals surface area contributed by atoms with E-state index in [-0.39, 0.29) is 31.1 Å². The molecule has 1 atom stereocenters. The number of unbranched alkanes of at least 4 members (excludes halogenated alkanes) is 30. The predicted octanol–water partition coefficient (Wildman–Crippen LogP) is 23.6. The summed E-state index contributed by atoms with van der Waals surface area (Å²) < 4.78 is 17.0. The van der Waals surface area contributed by atoms with E-state index in [0.29, 0.717) is 19.3 Å². The topological polar surface area (TPSA) is 78.9 Å². The van der Waals surface area contributed by atoms with E-state index in [1.165, 1.54) is 135 Å². The number of ether oxygens (including phenoxy) is 3. The van der Waals surface area contributed by atoms with Crippen molar-refractivity contribution < 1.29 is 28.6 Å². The van der Waals surface area contributed by atoms with Crippen molar-refractivity contribution >= 4 is 17.9 Å². The van der Waals surface area contributed by atoms with Crippen LogP contribution in [0.5, 0.6) is 0 Å². The van der Waals surface area contributed by atoms with Crippen LogP contribution in [0.3, 0.4) is 0 Å². The molecule has 0 fully saturated rings. The normalized spacial score (nSPS) is 12.9. The lowest BCUT2D eigenvalue weighted by Crippen LogP contribution is -2.30. The highest BCUT2D eigenvalue weighted by Crippen LogP contribution is 2.16. The number of allylic oxidation sites excluding steroid dienone is 20. The molecule has 0 saturated carbocycles. The average molecular weight is 1120 g/mol. The van der Waals surface area contributed by atoms with Crippen LogP contribution >= 0.6 is 0 Å². The van der Waals surface area contributed by atoms with Gasteiger partial charge in [0.05, 0.1) is 0 Å². The van der Waals surface area contributed by atoms with Gasteiger partial charge in [0.1, 0.15) is 13.2 Å². The molecule has 0 aromatic carbocycles. The van der Waals surface area contributed by atoms with Crippen molar-refractivity contribution in [1.82, 2.24) is 0 Å². The second-order valence-corrected chi connectivity index (χ2v) is 22.3. The first kappa shape index (κ1) is 76.8. The first-order valence-electron chi connectivity index (χ1n) is 34.0. The van der Waals surface area contributed by atoms with E-state index in [4.69, 9.17) is 14.2 Å². The van der Waals surface area contributed by atoms with Crippen molar-refractivity contribution in [2.45, 2.75) is 322 Å². The lowest BCUT2D eigenvalue weighted by Gasteiger charge is -2.18. The summed E-state index contributed by atoms with van der Waals surface area (Å²) in [7, 11) is 0. The molecule has 0 amide bonds. The molecule has 0 aromatic heterocycles.